The highest BCUT2D eigenvalue weighted by Crippen LogP contribution is 2.13. The van der Waals surface area contributed by atoms with E-state index in [1.807, 2.05) is 13.8 Å². The molecule has 0 radical (unpaired) electrons. The van der Waals surface area contributed by atoms with Crippen LogP contribution in [0.4, 0.5) is 0 Å². The molecule has 0 fully saturated rings. The van der Waals surface area contributed by atoms with E-state index >= 15 is 0 Å². The molecule has 1 amide bonds. The molecule has 0 unspecified atom stereocenters. The monoisotopic (exact) mass is 325 g/mol. The first kappa shape index (κ1) is 18.9. The number of rotatable bonds is 7. The van der Waals surface area contributed by atoms with Crippen LogP contribution in [-0.2, 0) is 10.0 Å². The molecule has 1 rings (SSSR count). The summed E-state index contributed by atoms with van der Waals surface area (Å²) in [7, 11) is -2.39. The van der Waals surface area contributed by atoms with Crippen molar-refractivity contribution in [2.24, 2.45) is 0 Å². The van der Waals surface area contributed by atoms with Gasteiger partial charge in [-0.25, -0.2) is 13.1 Å². The first-order chi connectivity index (χ1) is 8.90. The van der Waals surface area contributed by atoms with E-state index in [1.165, 1.54) is 19.2 Å². The third-order valence-corrected chi connectivity index (χ3v) is 3.75. The van der Waals surface area contributed by atoms with Crippen molar-refractivity contribution >= 4 is 28.3 Å². The van der Waals surface area contributed by atoms with Crippen LogP contribution in [0.15, 0.2) is 21.6 Å². The van der Waals surface area contributed by atoms with Gasteiger partial charge in [0, 0.05) is 12.6 Å². The predicted molar refractivity (Wildman–Crippen MR) is 77.7 cm³/mol. The molecule has 116 valence electrons. The molecular weight excluding hydrogens is 306 g/mol. The Morgan fingerprint density at radius 1 is 1.40 bits per heavy atom. The summed E-state index contributed by atoms with van der Waals surface area (Å²) < 4.78 is 30.0. The van der Waals surface area contributed by atoms with E-state index in [2.05, 4.69) is 15.4 Å². The van der Waals surface area contributed by atoms with Gasteiger partial charge in [0.15, 0.2) is 5.76 Å². The normalized spacial score (nSPS) is 12.6. The van der Waals surface area contributed by atoms with Gasteiger partial charge in [0.2, 0.25) is 5.09 Å². The van der Waals surface area contributed by atoms with Crippen LogP contribution in [0.3, 0.4) is 0 Å². The van der Waals surface area contributed by atoms with Crippen LogP contribution in [0.2, 0.25) is 0 Å². The molecule has 0 aromatic carbocycles. The number of amides is 1. The fourth-order valence-corrected chi connectivity index (χ4v) is 2.09. The largest absolute Gasteiger partial charge is 0.438 e. The second-order valence-corrected chi connectivity index (χ2v) is 5.81. The first-order valence-electron chi connectivity index (χ1n) is 5.95. The number of hydrogen-bond donors (Lipinski definition) is 3. The lowest BCUT2D eigenvalue weighted by Gasteiger charge is -2.12. The molecule has 0 saturated carbocycles. The molecular formula is C11H20ClN3O4S. The van der Waals surface area contributed by atoms with Gasteiger partial charge in [-0.2, -0.15) is 0 Å². The van der Waals surface area contributed by atoms with Crippen molar-refractivity contribution in [3.8, 4) is 0 Å². The van der Waals surface area contributed by atoms with Gasteiger partial charge in [0.25, 0.3) is 15.9 Å². The summed E-state index contributed by atoms with van der Waals surface area (Å²) in [6.07, 6.45) is 0. The summed E-state index contributed by atoms with van der Waals surface area (Å²) in [5.74, 6) is -0.472. The number of sulfonamides is 1. The number of likely N-dealkylation sites (N-methyl/N-ethyl adjacent to an activating group) is 1. The molecule has 1 heterocycles. The van der Waals surface area contributed by atoms with Gasteiger partial charge < -0.3 is 15.1 Å². The van der Waals surface area contributed by atoms with Crippen LogP contribution >= 0.6 is 12.4 Å². The van der Waals surface area contributed by atoms with Gasteiger partial charge in [-0.1, -0.05) is 6.92 Å². The lowest BCUT2D eigenvalue weighted by Crippen LogP contribution is -2.38. The highest BCUT2D eigenvalue weighted by atomic mass is 35.5. The average molecular weight is 326 g/mol. The van der Waals surface area contributed by atoms with Crippen molar-refractivity contribution < 1.29 is 17.6 Å². The fourth-order valence-electron chi connectivity index (χ4n) is 1.44. The molecule has 7 nitrogen and oxygen atoms in total. The Labute approximate surface area is 125 Å². The standard InChI is InChI=1S/C11H19N3O4S.ClH/c1-4-13-8(2)7-14-11(15)9-5-6-10(18-9)19(16,17)12-3;/h5-6,8,12-13H,4,7H2,1-3H3,(H,14,15);1H/t8-;/m1./s1. The van der Waals surface area contributed by atoms with Gasteiger partial charge in [-0.3, -0.25) is 4.79 Å². The van der Waals surface area contributed by atoms with E-state index in [0.717, 1.165) is 6.54 Å². The summed E-state index contributed by atoms with van der Waals surface area (Å²) in [5.41, 5.74) is 0. The van der Waals surface area contributed by atoms with Crippen molar-refractivity contribution in [2.45, 2.75) is 25.0 Å². The van der Waals surface area contributed by atoms with Crippen molar-refractivity contribution in [1.29, 1.82) is 0 Å². The first-order valence-corrected chi connectivity index (χ1v) is 7.44. The summed E-state index contributed by atoms with van der Waals surface area (Å²) in [6.45, 7) is 5.15. The van der Waals surface area contributed by atoms with Crippen molar-refractivity contribution in [2.75, 3.05) is 20.1 Å². The third-order valence-electron chi connectivity index (χ3n) is 2.46. The second-order valence-electron chi connectivity index (χ2n) is 3.99. The number of furan rings is 1. The summed E-state index contributed by atoms with van der Waals surface area (Å²) in [5, 5.41) is 5.52. The maximum Gasteiger partial charge on any atom is 0.287 e. The smallest absolute Gasteiger partial charge is 0.287 e. The van der Waals surface area contributed by atoms with Gasteiger partial charge in [0.05, 0.1) is 0 Å². The average Bonchev–Trinajstić information content (AvgIpc) is 2.86. The Kier molecular flexibility index (Phi) is 7.80. The topological polar surface area (TPSA) is 100 Å². The Bertz CT molecular complexity index is 530. The Balaban J connectivity index is 0.00000361. The lowest BCUT2D eigenvalue weighted by molar-refractivity contribution is 0.0917. The molecule has 0 aliphatic carbocycles. The van der Waals surface area contributed by atoms with Crippen molar-refractivity contribution in [3.63, 3.8) is 0 Å². The number of halogens is 1. The van der Waals surface area contributed by atoms with E-state index in [0.29, 0.717) is 6.54 Å². The Morgan fingerprint density at radius 3 is 2.60 bits per heavy atom. The molecule has 0 aliphatic heterocycles. The maximum atomic E-state index is 11.7. The molecule has 1 aromatic rings. The van der Waals surface area contributed by atoms with Crippen molar-refractivity contribution in [3.05, 3.63) is 17.9 Å². The van der Waals surface area contributed by atoms with E-state index in [4.69, 9.17) is 4.42 Å². The van der Waals surface area contributed by atoms with Crippen LogP contribution in [0.25, 0.3) is 0 Å². The number of carbonyl (C=O) groups excluding carboxylic acids is 1. The van der Waals surface area contributed by atoms with Crippen LogP contribution < -0.4 is 15.4 Å². The molecule has 0 bridgehead atoms. The second kappa shape index (κ2) is 8.25. The minimum Gasteiger partial charge on any atom is -0.438 e. The molecule has 9 heteroatoms. The van der Waals surface area contributed by atoms with Crippen LogP contribution in [-0.4, -0.2) is 40.5 Å². The van der Waals surface area contributed by atoms with E-state index in [9.17, 15) is 13.2 Å². The van der Waals surface area contributed by atoms with E-state index < -0.39 is 15.9 Å². The molecule has 0 aliphatic rings. The van der Waals surface area contributed by atoms with Gasteiger partial charge in [-0.05, 0) is 32.6 Å². The SMILES string of the molecule is CCN[C@H](C)CNC(=O)c1ccc(S(=O)(=O)NC)o1.Cl. The fraction of sp³-hybridized carbons (Fsp3) is 0.545. The van der Waals surface area contributed by atoms with Gasteiger partial charge in [-0.15, -0.1) is 12.4 Å². The number of carbonyl (C=O) groups is 1. The minimum absolute atomic E-state index is 0. The number of nitrogens with one attached hydrogen (secondary N) is 3. The summed E-state index contributed by atoms with van der Waals surface area (Å²) in [6, 6.07) is 2.70. The zero-order valence-corrected chi connectivity index (χ0v) is 13.2. The summed E-state index contributed by atoms with van der Waals surface area (Å²) in [4.78, 5) is 11.7. The lowest BCUT2D eigenvalue weighted by atomic mass is 10.3. The van der Waals surface area contributed by atoms with E-state index in [-0.39, 0.29) is 29.3 Å². The number of hydrogen-bond acceptors (Lipinski definition) is 5. The summed E-state index contributed by atoms with van der Waals surface area (Å²) >= 11 is 0. The van der Waals surface area contributed by atoms with Crippen LogP contribution in [0.1, 0.15) is 24.4 Å². The highest BCUT2D eigenvalue weighted by Gasteiger charge is 2.19. The Hall–Kier alpha value is -1.09. The molecule has 0 saturated heterocycles. The van der Waals surface area contributed by atoms with Crippen molar-refractivity contribution in [1.82, 2.24) is 15.4 Å². The van der Waals surface area contributed by atoms with Gasteiger partial charge in [0.1, 0.15) is 0 Å². The molecule has 3 N–H and O–H groups in total. The minimum atomic E-state index is -3.66. The molecule has 1 aromatic heterocycles. The zero-order valence-electron chi connectivity index (χ0n) is 11.6. The zero-order chi connectivity index (χ0) is 14.5. The van der Waals surface area contributed by atoms with Gasteiger partial charge >= 0.3 is 0 Å². The van der Waals surface area contributed by atoms with Crippen LogP contribution in [0, 0.1) is 0 Å². The van der Waals surface area contributed by atoms with Crippen LogP contribution in [0.5, 0.6) is 0 Å². The highest BCUT2D eigenvalue weighted by molar-refractivity contribution is 7.89. The third kappa shape index (κ3) is 5.12. The predicted octanol–water partition coefficient (Wildman–Crippen LogP) is 0.337. The maximum absolute atomic E-state index is 11.7. The molecule has 20 heavy (non-hydrogen) atoms. The Morgan fingerprint density at radius 2 is 2.05 bits per heavy atom. The van der Waals surface area contributed by atoms with E-state index in [1.54, 1.807) is 0 Å². The molecule has 1 atom stereocenters. The molecule has 0 spiro atoms. The quantitative estimate of drug-likeness (QED) is 0.671.